The van der Waals surface area contributed by atoms with Crippen molar-refractivity contribution >= 4 is 17.2 Å². The van der Waals surface area contributed by atoms with Crippen LogP contribution in [0.25, 0.3) is 16.9 Å². The molecule has 0 aliphatic carbocycles. The van der Waals surface area contributed by atoms with Gasteiger partial charge in [-0.1, -0.05) is 30.3 Å². The lowest BCUT2D eigenvalue weighted by molar-refractivity contribution is 1.10. The highest BCUT2D eigenvalue weighted by Gasteiger charge is 2.15. The van der Waals surface area contributed by atoms with Crippen molar-refractivity contribution in [2.75, 3.05) is 0 Å². The molecule has 0 aliphatic rings. The summed E-state index contributed by atoms with van der Waals surface area (Å²) in [6.07, 6.45) is 1.99. The summed E-state index contributed by atoms with van der Waals surface area (Å²) in [5, 5.41) is 9.08. The van der Waals surface area contributed by atoms with E-state index in [1.165, 1.54) is 11.1 Å². The minimum Gasteiger partial charge on any atom is -0.282 e. The quantitative estimate of drug-likeness (QED) is 0.380. The van der Waals surface area contributed by atoms with Crippen molar-refractivity contribution in [3.8, 4) is 11.3 Å². The molecule has 0 N–H and O–H groups in total. The molecule has 0 unspecified atom stereocenters. The predicted octanol–water partition coefficient (Wildman–Crippen LogP) is 6.65. The van der Waals surface area contributed by atoms with Gasteiger partial charge in [-0.15, -0.1) is 10.2 Å². The van der Waals surface area contributed by atoms with Crippen molar-refractivity contribution in [1.29, 1.82) is 0 Å². The van der Waals surface area contributed by atoms with Gasteiger partial charge in [-0.3, -0.25) is 4.40 Å². The molecular weight excluding hydrogens is 332 g/mol. The number of fused-ring (bicyclic) bond motifs is 1. The number of azo groups is 1. The van der Waals surface area contributed by atoms with Crippen LogP contribution in [0.1, 0.15) is 22.3 Å². The van der Waals surface area contributed by atoms with Crippen LogP contribution in [-0.2, 0) is 0 Å². The molecule has 0 aliphatic heterocycles. The van der Waals surface area contributed by atoms with E-state index in [1.54, 1.807) is 0 Å². The first-order chi connectivity index (χ1) is 13.0. The molecule has 4 heteroatoms. The van der Waals surface area contributed by atoms with E-state index in [4.69, 9.17) is 4.98 Å². The number of aryl methyl sites for hydroxylation is 4. The van der Waals surface area contributed by atoms with Crippen molar-refractivity contribution < 1.29 is 0 Å². The average molecular weight is 354 g/mol. The molecule has 0 spiro atoms. The Kier molecular flexibility index (Phi) is 4.32. The van der Waals surface area contributed by atoms with Crippen LogP contribution in [0.4, 0.5) is 11.5 Å². The number of benzene rings is 2. The largest absolute Gasteiger partial charge is 0.282 e. The molecule has 0 radical (unpaired) electrons. The number of nitrogens with zero attached hydrogens (tertiary/aromatic N) is 4. The molecule has 0 amide bonds. The summed E-state index contributed by atoms with van der Waals surface area (Å²) in [7, 11) is 0. The lowest BCUT2D eigenvalue weighted by Crippen LogP contribution is -1.85. The summed E-state index contributed by atoms with van der Waals surface area (Å²) in [5.41, 5.74) is 8.43. The molecule has 2 aromatic carbocycles. The second kappa shape index (κ2) is 6.80. The fourth-order valence-electron chi connectivity index (χ4n) is 3.16. The van der Waals surface area contributed by atoms with Gasteiger partial charge in [-0.25, -0.2) is 4.98 Å². The summed E-state index contributed by atoms with van der Waals surface area (Å²) in [6.45, 7) is 8.35. The van der Waals surface area contributed by atoms with E-state index < -0.39 is 0 Å². The van der Waals surface area contributed by atoms with E-state index in [0.29, 0.717) is 0 Å². The maximum Gasteiger partial charge on any atom is 0.187 e. The van der Waals surface area contributed by atoms with Crippen LogP contribution in [0.5, 0.6) is 0 Å². The lowest BCUT2D eigenvalue weighted by atomic mass is 10.0. The second-order valence-corrected chi connectivity index (χ2v) is 7.01. The Hall–Kier alpha value is -3.27. The molecule has 0 saturated heterocycles. The summed E-state index contributed by atoms with van der Waals surface area (Å²) in [5.74, 6) is 0.749. The summed E-state index contributed by atoms with van der Waals surface area (Å²) in [4.78, 5) is 4.89. The maximum atomic E-state index is 4.89. The summed E-state index contributed by atoms with van der Waals surface area (Å²) >= 11 is 0. The third kappa shape index (κ3) is 3.26. The van der Waals surface area contributed by atoms with E-state index in [0.717, 1.165) is 39.5 Å². The van der Waals surface area contributed by atoms with Crippen LogP contribution >= 0.6 is 0 Å². The molecule has 0 saturated carbocycles. The Labute approximate surface area is 159 Å². The van der Waals surface area contributed by atoms with E-state index in [2.05, 4.69) is 68.3 Å². The molecule has 2 aromatic heterocycles. The van der Waals surface area contributed by atoms with Crippen LogP contribution in [0.3, 0.4) is 0 Å². The van der Waals surface area contributed by atoms with E-state index in [9.17, 15) is 0 Å². The fraction of sp³-hybridized carbons (Fsp3) is 0.174. The van der Waals surface area contributed by atoms with Crippen molar-refractivity contribution in [2.24, 2.45) is 10.2 Å². The Bertz CT molecular complexity index is 1170. The Morgan fingerprint density at radius 3 is 2.41 bits per heavy atom. The monoisotopic (exact) mass is 354 g/mol. The molecule has 0 bridgehead atoms. The van der Waals surface area contributed by atoms with Gasteiger partial charge in [0.1, 0.15) is 11.3 Å². The highest BCUT2D eigenvalue weighted by molar-refractivity contribution is 5.76. The summed E-state index contributed by atoms with van der Waals surface area (Å²) in [6, 6.07) is 18.5. The number of rotatable bonds is 3. The highest BCUT2D eigenvalue weighted by Crippen LogP contribution is 2.34. The molecule has 4 aromatic rings. The zero-order valence-electron chi connectivity index (χ0n) is 16.1. The first kappa shape index (κ1) is 17.2. The second-order valence-electron chi connectivity index (χ2n) is 7.01. The van der Waals surface area contributed by atoms with Gasteiger partial charge in [-0.2, -0.15) is 0 Å². The van der Waals surface area contributed by atoms with E-state index in [-0.39, 0.29) is 0 Å². The molecule has 134 valence electrons. The molecule has 0 fully saturated rings. The molecule has 4 nitrogen and oxygen atoms in total. The van der Waals surface area contributed by atoms with Gasteiger partial charge >= 0.3 is 0 Å². The molecule has 4 rings (SSSR count). The predicted molar refractivity (Wildman–Crippen MR) is 110 cm³/mol. The van der Waals surface area contributed by atoms with Crippen molar-refractivity contribution in [2.45, 2.75) is 27.7 Å². The van der Waals surface area contributed by atoms with Gasteiger partial charge in [0.2, 0.25) is 0 Å². The van der Waals surface area contributed by atoms with Crippen molar-refractivity contribution in [3.63, 3.8) is 0 Å². The fourth-order valence-corrected chi connectivity index (χ4v) is 3.16. The first-order valence-electron chi connectivity index (χ1n) is 9.06. The first-order valence-corrected chi connectivity index (χ1v) is 9.06. The van der Waals surface area contributed by atoms with E-state index in [1.807, 2.05) is 34.9 Å². The van der Waals surface area contributed by atoms with E-state index >= 15 is 0 Å². The zero-order chi connectivity index (χ0) is 19.0. The van der Waals surface area contributed by atoms with Gasteiger partial charge < -0.3 is 0 Å². The van der Waals surface area contributed by atoms with Gasteiger partial charge in [0.25, 0.3) is 0 Å². The minimum atomic E-state index is 0.749. The van der Waals surface area contributed by atoms with Gasteiger partial charge in [0, 0.05) is 11.8 Å². The Balaban J connectivity index is 1.91. The lowest BCUT2D eigenvalue weighted by Gasteiger charge is -2.04. The topological polar surface area (TPSA) is 42.0 Å². The number of imidazole rings is 1. The van der Waals surface area contributed by atoms with Crippen LogP contribution in [0.2, 0.25) is 0 Å². The number of hydrogen-bond acceptors (Lipinski definition) is 3. The molecule has 27 heavy (non-hydrogen) atoms. The number of pyridine rings is 1. The van der Waals surface area contributed by atoms with Crippen LogP contribution in [-0.4, -0.2) is 9.38 Å². The normalized spacial score (nSPS) is 11.6. The van der Waals surface area contributed by atoms with Crippen LogP contribution < -0.4 is 0 Å². The van der Waals surface area contributed by atoms with Gasteiger partial charge in [0.15, 0.2) is 5.82 Å². The van der Waals surface area contributed by atoms with Crippen molar-refractivity contribution in [3.05, 3.63) is 83.0 Å². The molecule has 0 atom stereocenters. The third-order valence-electron chi connectivity index (χ3n) is 4.86. The zero-order valence-corrected chi connectivity index (χ0v) is 16.1. The highest BCUT2D eigenvalue weighted by atomic mass is 15.2. The standard InChI is InChI=1S/C23H22N4/c1-15-7-5-9-20(13-15)25-26-23-21(19-11-10-16(2)18(4)14-19)24-22-17(3)8-6-12-27(22)23/h5-14H,1-4H3. The summed E-state index contributed by atoms with van der Waals surface area (Å²) < 4.78 is 2.01. The maximum absolute atomic E-state index is 4.89. The Morgan fingerprint density at radius 2 is 1.63 bits per heavy atom. The third-order valence-corrected chi connectivity index (χ3v) is 4.86. The van der Waals surface area contributed by atoms with Crippen LogP contribution in [0, 0.1) is 27.7 Å². The smallest absolute Gasteiger partial charge is 0.187 e. The van der Waals surface area contributed by atoms with Crippen LogP contribution in [0.15, 0.2) is 71.0 Å². The van der Waals surface area contributed by atoms with Gasteiger partial charge in [0.05, 0.1) is 5.69 Å². The molecular formula is C23H22N4. The number of aromatic nitrogens is 2. The average Bonchev–Trinajstić information content (AvgIpc) is 3.02. The SMILES string of the molecule is Cc1cccc(N=Nc2c(-c3ccc(C)c(C)c3)nc3c(C)cccn23)c1. The van der Waals surface area contributed by atoms with Crippen molar-refractivity contribution in [1.82, 2.24) is 9.38 Å². The Morgan fingerprint density at radius 1 is 0.778 bits per heavy atom. The number of hydrogen-bond donors (Lipinski definition) is 0. The molecule has 2 heterocycles. The van der Waals surface area contributed by atoms with Gasteiger partial charge in [-0.05, 0) is 74.2 Å². The minimum absolute atomic E-state index is 0.749.